The Morgan fingerprint density at radius 1 is 1.12 bits per heavy atom. The van der Waals surface area contributed by atoms with E-state index in [-0.39, 0.29) is 17.6 Å². The number of halogens is 1. The second-order valence-electron chi connectivity index (χ2n) is 8.31. The number of aryl methyl sites for hydroxylation is 2. The zero-order chi connectivity index (χ0) is 22.2. The van der Waals surface area contributed by atoms with Gasteiger partial charge >= 0.3 is 0 Å². The van der Waals surface area contributed by atoms with Gasteiger partial charge in [0.2, 0.25) is 16.0 Å². The number of imidazole rings is 1. The third kappa shape index (κ3) is 4.10. The van der Waals surface area contributed by atoms with Crippen molar-refractivity contribution in [3.05, 3.63) is 65.6 Å². The predicted octanol–water partition coefficient (Wildman–Crippen LogP) is 5.07. The number of rotatable bonds is 4. The lowest BCUT2D eigenvalue weighted by Gasteiger charge is -2.30. The summed E-state index contributed by atoms with van der Waals surface area (Å²) in [4.78, 5) is 20.4. The van der Waals surface area contributed by atoms with Crippen molar-refractivity contribution in [2.24, 2.45) is 5.92 Å². The third-order valence-corrected chi connectivity index (χ3v) is 6.93. The normalized spacial score (nSPS) is 14.8. The number of hydrogen-bond acceptors (Lipinski definition) is 5. The molecule has 32 heavy (non-hydrogen) atoms. The van der Waals surface area contributed by atoms with E-state index in [0.29, 0.717) is 0 Å². The second kappa shape index (κ2) is 8.35. The number of carbonyl (C=O) groups excluding carboxylic acids is 1. The highest BCUT2D eigenvalue weighted by Crippen LogP contribution is 2.30. The van der Waals surface area contributed by atoms with Crippen LogP contribution in [0, 0.1) is 25.6 Å². The Labute approximate surface area is 189 Å². The molecule has 1 saturated heterocycles. The molecule has 1 aliphatic rings. The van der Waals surface area contributed by atoms with Crippen LogP contribution in [0.25, 0.3) is 16.2 Å². The van der Waals surface area contributed by atoms with Crippen LogP contribution in [-0.4, -0.2) is 33.6 Å². The number of piperidine rings is 1. The molecule has 8 heteroatoms. The Bertz CT molecular complexity index is 1240. The van der Waals surface area contributed by atoms with E-state index in [1.807, 2.05) is 32.2 Å². The van der Waals surface area contributed by atoms with Crippen molar-refractivity contribution in [1.82, 2.24) is 14.6 Å². The Balaban J connectivity index is 1.22. The van der Waals surface area contributed by atoms with E-state index < -0.39 is 0 Å². The number of aromatic nitrogens is 3. The molecule has 0 spiro atoms. The van der Waals surface area contributed by atoms with E-state index in [4.69, 9.17) is 0 Å². The molecule has 0 radical (unpaired) electrons. The largest absolute Gasteiger partial charge is 0.347 e. The first kappa shape index (κ1) is 20.6. The Kier molecular flexibility index (Phi) is 5.38. The predicted molar refractivity (Wildman–Crippen MR) is 126 cm³/mol. The smallest absolute Gasteiger partial charge is 0.227 e. The van der Waals surface area contributed by atoms with E-state index in [1.54, 1.807) is 16.6 Å². The maximum absolute atomic E-state index is 13.2. The monoisotopic (exact) mass is 449 g/mol. The summed E-state index contributed by atoms with van der Waals surface area (Å²) in [6.45, 7) is 5.64. The van der Waals surface area contributed by atoms with E-state index in [2.05, 4.69) is 26.4 Å². The van der Waals surface area contributed by atoms with Crippen molar-refractivity contribution < 1.29 is 9.18 Å². The zero-order valence-corrected chi connectivity index (χ0v) is 18.8. The maximum Gasteiger partial charge on any atom is 0.227 e. The molecule has 1 amide bonds. The summed E-state index contributed by atoms with van der Waals surface area (Å²) in [5.41, 5.74) is 4.80. The number of benzene rings is 2. The number of nitrogens with one attached hydrogen (secondary N) is 1. The number of nitrogens with zero attached hydrogens (tertiary/aromatic N) is 4. The van der Waals surface area contributed by atoms with E-state index in [9.17, 15) is 9.18 Å². The highest BCUT2D eigenvalue weighted by atomic mass is 32.1. The van der Waals surface area contributed by atoms with Crippen LogP contribution in [-0.2, 0) is 4.79 Å². The molecule has 0 bridgehead atoms. The van der Waals surface area contributed by atoms with Crippen LogP contribution >= 0.6 is 11.3 Å². The summed E-state index contributed by atoms with van der Waals surface area (Å²) >= 11 is 1.53. The van der Waals surface area contributed by atoms with Crippen LogP contribution in [0.2, 0.25) is 0 Å². The lowest BCUT2D eigenvalue weighted by molar-refractivity contribution is -0.120. The number of anilines is 2. The van der Waals surface area contributed by atoms with Gasteiger partial charge in [0.25, 0.3) is 0 Å². The Hall–Kier alpha value is -3.26. The number of fused-ring (bicyclic) bond motifs is 1. The Morgan fingerprint density at radius 3 is 2.56 bits per heavy atom. The summed E-state index contributed by atoms with van der Waals surface area (Å²) in [6, 6.07) is 12.4. The van der Waals surface area contributed by atoms with Crippen molar-refractivity contribution in [2.45, 2.75) is 26.7 Å². The van der Waals surface area contributed by atoms with Gasteiger partial charge < -0.3 is 10.2 Å². The number of hydrogen-bond donors (Lipinski definition) is 1. The summed E-state index contributed by atoms with van der Waals surface area (Å²) in [7, 11) is 0. The fraction of sp³-hybridized carbons (Fsp3) is 0.292. The minimum Gasteiger partial charge on any atom is -0.347 e. The van der Waals surface area contributed by atoms with Gasteiger partial charge in [-0.05, 0) is 62.6 Å². The topological polar surface area (TPSA) is 62.5 Å². The maximum atomic E-state index is 13.2. The van der Waals surface area contributed by atoms with E-state index in [0.717, 1.165) is 58.5 Å². The first-order valence-corrected chi connectivity index (χ1v) is 11.5. The quantitative estimate of drug-likeness (QED) is 0.473. The molecule has 2 aromatic carbocycles. The van der Waals surface area contributed by atoms with Gasteiger partial charge in [-0.2, -0.15) is 0 Å². The summed E-state index contributed by atoms with van der Waals surface area (Å²) < 4.78 is 14.9. The minimum atomic E-state index is -0.263. The van der Waals surface area contributed by atoms with E-state index >= 15 is 0 Å². The molecule has 1 aliphatic heterocycles. The molecule has 2 aromatic heterocycles. The van der Waals surface area contributed by atoms with E-state index in [1.165, 1.54) is 29.0 Å². The van der Waals surface area contributed by atoms with Crippen LogP contribution in [0.4, 0.5) is 15.2 Å². The fourth-order valence-electron chi connectivity index (χ4n) is 4.10. The lowest BCUT2D eigenvalue weighted by Crippen LogP contribution is -2.38. The SMILES string of the molecule is Cc1ccc(NC(=O)C2CCN(c3nn4cc(-c5ccc(F)cc5)nc4s3)CC2)c(C)c1. The molecule has 0 saturated carbocycles. The van der Waals surface area contributed by atoms with Crippen molar-refractivity contribution in [3.8, 4) is 11.3 Å². The van der Waals surface area contributed by atoms with Gasteiger partial charge in [-0.3, -0.25) is 4.79 Å². The first-order chi connectivity index (χ1) is 15.5. The first-order valence-electron chi connectivity index (χ1n) is 10.7. The summed E-state index contributed by atoms with van der Waals surface area (Å²) in [5, 5.41) is 8.69. The van der Waals surface area contributed by atoms with Gasteiger partial charge in [-0.15, -0.1) is 5.10 Å². The standard InChI is InChI=1S/C24H24FN5OS/c1-15-3-8-20(16(2)13-15)26-22(31)18-9-11-29(12-10-18)24-28-30-14-21(27-23(30)32-24)17-4-6-19(25)7-5-17/h3-8,13-14,18H,9-12H2,1-2H3,(H,26,31). The molecule has 5 rings (SSSR count). The molecule has 6 nitrogen and oxygen atoms in total. The second-order valence-corrected chi connectivity index (χ2v) is 9.25. The molecule has 0 unspecified atom stereocenters. The van der Waals surface area contributed by atoms with Gasteiger partial charge in [0.15, 0.2) is 0 Å². The average molecular weight is 450 g/mol. The molecule has 0 aliphatic carbocycles. The molecular formula is C24H24FN5OS. The molecule has 1 N–H and O–H groups in total. The summed E-state index contributed by atoms with van der Waals surface area (Å²) in [5.74, 6) is -0.170. The van der Waals surface area contributed by atoms with Crippen LogP contribution in [0.1, 0.15) is 24.0 Å². The molecule has 3 heterocycles. The highest BCUT2D eigenvalue weighted by Gasteiger charge is 2.27. The van der Waals surface area contributed by atoms with Gasteiger partial charge in [0, 0.05) is 30.3 Å². The van der Waals surface area contributed by atoms with Gasteiger partial charge in [0.05, 0.1) is 11.9 Å². The molecule has 4 aromatic rings. The van der Waals surface area contributed by atoms with Crippen LogP contribution in [0.3, 0.4) is 0 Å². The minimum absolute atomic E-state index is 0.000997. The van der Waals surface area contributed by atoms with Gasteiger partial charge in [-0.1, -0.05) is 29.0 Å². The average Bonchev–Trinajstić information content (AvgIpc) is 3.36. The molecule has 1 fully saturated rings. The van der Waals surface area contributed by atoms with Crippen molar-refractivity contribution in [1.29, 1.82) is 0 Å². The molecule has 164 valence electrons. The molecular weight excluding hydrogens is 425 g/mol. The lowest BCUT2D eigenvalue weighted by atomic mass is 9.96. The van der Waals surface area contributed by atoms with Crippen molar-refractivity contribution in [3.63, 3.8) is 0 Å². The highest BCUT2D eigenvalue weighted by molar-refractivity contribution is 7.20. The number of carbonyl (C=O) groups is 1. The molecule has 0 atom stereocenters. The van der Waals surface area contributed by atoms with Crippen molar-refractivity contribution in [2.75, 3.05) is 23.3 Å². The zero-order valence-electron chi connectivity index (χ0n) is 18.0. The van der Waals surface area contributed by atoms with Crippen molar-refractivity contribution >= 4 is 33.0 Å². The third-order valence-electron chi connectivity index (χ3n) is 5.95. The van der Waals surface area contributed by atoms with Crippen LogP contribution < -0.4 is 10.2 Å². The Morgan fingerprint density at radius 2 is 1.88 bits per heavy atom. The van der Waals surface area contributed by atoms with Crippen LogP contribution in [0.5, 0.6) is 0 Å². The van der Waals surface area contributed by atoms with Gasteiger partial charge in [-0.25, -0.2) is 13.9 Å². The number of amides is 1. The van der Waals surface area contributed by atoms with Gasteiger partial charge in [0.1, 0.15) is 5.82 Å². The summed E-state index contributed by atoms with van der Waals surface area (Å²) in [6.07, 6.45) is 3.45. The fourth-order valence-corrected chi connectivity index (χ4v) is 5.03. The van der Waals surface area contributed by atoms with Crippen LogP contribution in [0.15, 0.2) is 48.7 Å².